The minimum absolute atomic E-state index is 0.101. The molecule has 174 valence electrons. The van der Waals surface area contributed by atoms with Crippen LogP contribution in [0.5, 0.6) is 5.75 Å². The van der Waals surface area contributed by atoms with Gasteiger partial charge in [0.15, 0.2) is 11.0 Å². The summed E-state index contributed by atoms with van der Waals surface area (Å²) in [6.07, 6.45) is 0. The van der Waals surface area contributed by atoms with Gasteiger partial charge in [-0.15, -0.1) is 10.2 Å². The summed E-state index contributed by atoms with van der Waals surface area (Å²) in [6, 6.07) is 20.7. The van der Waals surface area contributed by atoms with E-state index in [9.17, 15) is 4.79 Å². The predicted molar refractivity (Wildman–Crippen MR) is 137 cm³/mol. The van der Waals surface area contributed by atoms with Crippen molar-refractivity contribution in [1.82, 2.24) is 14.8 Å². The molecule has 0 aliphatic heterocycles. The van der Waals surface area contributed by atoms with Crippen LogP contribution in [0.15, 0.2) is 71.9 Å². The largest absolute Gasteiger partial charge is 0.486 e. The van der Waals surface area contributed by atoms with Crippen LogP contribution in [0.2, 0.25) is 10.0 Å². The zero-order chi connectivity index (χ0) is 24.1. The summed E-state index contributed by atoms with van der Waals surface area (Å²) in [6.45, 7) is 4.30. The van der Waals surface area contributed by atoms with Crippen molar-refractivity contribution in [1.29, 1.82) is 0 Å². The SMILES string of the molecule is Cc1ccc(-n2c(COc3ccccc3)nnc2SCC(=O)Nc2c(Cl)cccc2Cl)c(C)c1. The van der Waals surface area contributed by atoms with Crippen LogP contribution < -0.4 is 10.1 Å². The molecule has 1 heterocycles. The molecule has 0 aliphatic carbocycles. The molecule has 0 bridgehead atoms. The summed E-state index contributed by atoms with van der Waals surface area (Å²) in [7, 11) is 0. The third-order valence-corrected chi connectivity index (χ3v) is 6.52. The van der Waals surface area contributed by atoms with E-state index < -0.39 is 0 Å². The lowest BCUT2D eigenvalue weighted by molar-refractivity contribution is -0.113. The number of rotatable bonds is 8. The Balaban J connectivity index is 1.56. The van der Waals surface area contributed by atoms with Crippen LogP contribution in [-0.2, 0) is 11.4 Å². The molecule has 3 aromatic carbocycles. The second kappa shape index (κ2) is 11.0. The number of benzene rings is 3. The number of hydrogen-bond acceptors (Lipinski definition) is 5. The molecule has 0 saturated heterocycles. The van der Waals surface area contributed by atoms with Gasteiger partial charge in [-0.1, -0.05) is 76.9 Å². The van der Waals surface area contributed by atoms with Crippen molar-refractivity contribution in [2.75, 3.05) is 11.1 Å². The maximum Gasteiger partial charge on any atom is 0.234 e. The van der Waals surface area contributed by atoms with Crippen LogP contribution >= 0.6 is 35.0 Å². The number of nitrogens with one attached hydrogen (secondary N) is 1. The lowest BCUT2D eigenvalue weighted by atomic mass is 10.1. The Kier molecular flexibility index (Phi) is 7.77. The molecule has 0 unspecified atom stereocenters. The first-order chi connectivity index (χ1) is 16.4. The Hall–Kier alpha value is -3.00. The van der Waals surface area contributed by atoms with E-state index in [0.29, 0.717) is 26.7 Å². The van der Waals surface area contributed by atoms with E-state index in [4.69, 9.17) is 27.9 Å². The molecule has 0 saturated carbocycles. The molecule has 34 heavy (non-hydrogen) atoms. The first kappa shape index (κ1) is 24.1. The topological polar surface area (TPSA) is 69.0 Å². The summed E-state index contributed by atoms with van der Waals surface area (Å²) >= 11 is 13.6. The number of nitrogens with zero attached hydrogens (tertiary/aromatic N) is 3. The van der Waals surface area contributed by atoms with Gasteiger partial charge in [-0.25, -0.2) is 0 Å². The molecule has 0 radical (unpaired) electrons. The molecule has 1 N–H and O–H groups in total. The van der Waals surface area contributed by atoms with Gasteiger partial charge in [-0.2, -0.15) is 0 Å². The molecule has 0 atom stereocenters. The number of hydrogen-bond donors (Lipinski definition) is 1. The lowest BCUT2D eigenvalue weighted by Gasteiger charge is -2.14. The molecule has 0 spiro atoms. The van der Waals surface area contributed by atoms with Crippen molar-refractivity contribution < 1.29 is 9.53 Å². The highest BCUT2D eigenvalue weighted by Gasteiger charge is 2.19. The highest BCUT2D eigenvalue weighted by molar-refractivity contribution is 7.99. The summed E-state index contributed by atoms with van der Waals surface area (Å²) in [5, 5.41) is 12.8. The third kappa shape index (κ3) is 5.73. The molecule has 4 aromatic rings. The van der Waals surface area contributed by atoms with Gasteiger partial charge in [0, 0.05) is 0 Å². The molecule has 0 aliphatic rings. The van der Waals surface area contributed by atoms with Crippen LogP contribution in [-0.4, -0.2) is 26.4 Å². The quantitative estimate of drug-likeness (QED) is 0.273. The van der Waals surface area contributed by atoms with Crippen molar-refractivity contribution in [3.8, 4) is 11.4 Å². The van der Waals surface area contributed by atoms with Gasteiger partial charge in [0.05, 0.1) is 27.2 Å². The molecular formula is C25H22Cl2N4O2S. The summed E-state index contributed by atoms with van der Waals surface area (Å²) in [5.41, 5.74) is 3.54. The number of halogens is 2. The van der Waals surface area contributed by atoms with Crippen molar-refractivity contribution in [2.24, 2.45) is 0 Å². The second-order valence-corrected chi connectivity index (χ2v) is 9.32. The van der Waals surface area contributed by atoms with Gasteiger partial charge in [0.2, 0.25) is 5.91 Å². The van der Waals surface area contributed by atoms with Crippen molar-refractivity contribution in [2.45, 2.75) is 25.6 Å². The first-order valence-corrected chi connectivity index (χ1v) is 12.2. The van der Waals surface area contributed by atoms with Gasteiger partial charge in [-0.05, 0) is 49.7 Å². The average molecular weight is 513 g/mol. The van der Waals surface area contributed by atoms with Gasteiger partial charge in [0.1, 0.15) is 12.4 Å². The van der Waals surface area contributed by atoms with Crippen molar-refractivity contribution in [3.05, 3.63) is 93.7 Å². The highest BCUT2D eigenvalue weighted by atomic mass is 35.5. The van der Waals surface area contributed by atoms with E-state index in [1.165, 1.54) is 11.8 Å². The van der Waals surface area contributed by atoms with Crippen LogP contribution in [0.25, 0.3) is 5.69 Å². The minimum Gasteiger partial charge on any atom is -0.486 e. The Morgan fingerprint density at radius 3 is 2.44 bits per heavy atom. The number of para-hydroxylation sites is 2. The van der Waals surface area contributed by atoms with Crippen LogP contribution in [0.1, 0.15) is 17.0 Å². The number of ether oxygens (including phenoxy) is 1. The Labute approximate surface area is 212 Å². The van der Waals surface area contributed by atoms with Crippen molar-refractivity contribution >= 4 is 46.6 Å². The molecule has 9 heteroatoms. The van der Waals surface area contributed by atoms with E-state index >= 15 is 0 Å². The van der Waals surface area contributed by atoms with E-state index in [0.717, 1.165) is 22.6 Å². The molecule has 0 fully saturated rings. The number of amides is 1. The minimum atomic E-state index is -0.253. The Morgan fingerprint density at radius 1 is 1.00 bits per heavy atom. The maximum atomic E-state index is 12.6. The average Bonchev–Trinajstić information content (AvgIpc) is 3.22. The van der Waals surface area contributed by atoms with Gasteiger partial charge in [-0.3, -0.25) is 9.36 Å². The van der Waals surface area contributed by atoms with E-state index in [1.54, 1.807) is 18.2 Å². The fraction of sp³-hybridized carbons (Fsp3) is 0.160. The monoisotopic (exact) mass is 512 g/mol. The first-order valence-electron chi connectivity index (χ1n) is 10.5. The maximum absolute atomic E-state index is 12.6. The Bertz CT molecular complexity index is 1290. The number of aromatic nitrogens is 3. The number of anilines is 1. The second-order valence-electron chi connectivity index (χ2n) is 7.56. The van der Waals surface area contributed by atoms with Gasteiger partial charge in [0.25, 0.3) is 0 Å². The molecule has 4 rings (SSSR count). The molecule has 1 amide bonds. The van der Waals surface area contributed by atoms with Crippen LogP contribution in [0.3, 0.4) is 0 Å². The third-order valence-electron chi connectivity index (χ3n) is 4.96. The van der Waals surface area contributed by atoms with Crippen LogP contribution in [0, 0.1) is 13.8 Å². The highest BCUT2D eigenvalue weighted by Crippen LogP contribution is 2.31. The van der Waals surface area contributed by atoms with E-state index in [2.05, 4.69) is 21.6 Å². The lowest BCUT2D eigenvalue weighted by Crippen LogP contribution is -2.15. The van der Waals surface area contributed by atoms with Gasteiger partial charge < -0.3 is 10.1 Å². The van der Waals surface area contributed by atoms with Crippen molar-refractivity contribution in [3.63, 3.8) is 0 Å². The number of carbonyl (C=O) groups is 1. The fourth-order valence-corrected chi connectivity index (χ4v) is 4.63. The number of aryl methyl sites for hydroxylation is 2. The summed E-state index contributed by atoms with van der Waals surface area (Å²) in [4.78, 5) is 12.6. The molecule has 6 nitrogen and oxygen atoms in total. The number of thioether (sulfide) groups is 1. The smallest absolute Gasteiger partial charge is 0.234 e. The fourth-order valence-electron chi connectivity index (χ4n) is 3.37. The number of carbonyl (C=O) groups excluding carboxylic acids is 1. The Morgan fingerprint density at radius 2 is 1.74 bits per heavy atom. The normalized spacial score (nSPS) is 10.8. The standard InChI is InChI=1S/C25H22Cl2N4O2S/c1-16-11-12-21(17(2)13-16)31-22(14-33-18-7-4-3-5-8-18)29-30-25(31)34-15-23(32)28-24-19(26)9-6-10-20(24)27/h3-13H,14-15H2,1-2H3,(H,28,32). The van der Waals surface area contributed by atoms with E-state index in [-0.39, 0.29) is 18.3 Å². The zero-order valence-corrected chi connectivity index (χ0v) is 20.9. The summed E-state index contributed by atoms with van der Waals surface area (Å²) in [5.74, 6) is 1.22. The van der Waals surface area contributed by atoms with E-state index in [1.807, 2.05) is 60.9 Å². The molecular weight excluding hydrogens is 491 g/mol. The molecule has 1 aromatic heterocycles. The zero-order valence-electron chi connectivity index (χ0n) is 18.6. The predicted octanol–water partition coefficient (Wildman–Crippen LogP) is 6.50. The van der Waals surface area contributed by atoms with Crippen LogP contribution in [0.4, 0.5) is 5.69 Å². The van der Waals surface area contributed by atoms with Gasteiger partial charge >= 0.3 is 0 Å². The summed E-state index contributed by atoms with van der Waals surface area (Å²) < 4.78 is 7.85.